The molecule has 2 rings (SSSR count). The second-order valence-electron chi connectivity index (χ2n) is 3.95. The van der Waals surface area contributed by atoms with E-state index in [1.807, 2.05) is 0 Å². The first-order valence-electron chi connectivity index (χ1n) is 5.12. The predicted molar refractivity (Wildman–Crippen MR) is 58.7 cm³/mol. The lowest BCUT2D eigenvalue weighted by molar-refractivity contribution is 0.0340. The predicted octanol–water partition coefficient (Wildman–Crippen LogP) is 0.672. The van der Waals surface area contributed by atoms with Crippen molar-refractivity contribution in [2.24, 2.45) is 0 Å². The monoisotopic (exact) mass is 208 g/mol. The summed E-state index contributed by atoms with van der Waals surface area (Å²) in [6.45, 7) is 5.75. The summed E-state index contributed by atoms with van der Waals surface area (Å²) < 4.78 is 5.56. The average Bonchev–Trinajstić information content (AvgIpc) is 2.22. The fraction of sp³-hybridized carbons (Fsp3) is 0.600. The largest absolute Gasteiger partial charge is 0.384 e. The molecule has 0 radical (unpaired) electrons. The van der Waals surface area contributed by atoms with Gasteiger partial charge in [-0.25, -0.2) is 9.97 Å². The van der Waals surface area contributed by atoms with Crippen molar-refractivity contribution in [1.29, 1.82) is 0 Å². The molecule has 5 nitrogen and oxygen atoms in total. The maximum Gasteiger partial charge on any atom is 0.134 e. The van der Waals surface area contributed by atoms with Gasteiger partial charge in [-0.3, -0.25) is 0 Å². The van der Waals surface area contributed by atoms with Gasteiger partial charge in [0.05, 0.1) is 18.8 Å². The van der Waals surface area contributed by atoms with E-state index in [1.165, 1.54) is 6.33 Å². The Morgan fingerprint density at radius 2 is 2.27 bits per heavy atom. The molecular formula is C10H16N4O. The molecule has 2 N–H and O–H groups in total. The highest BCUT2D eigenvalue weighted by molar-refractivity contribution is 5.47. The van der Waals surface area contributed by atoms with Gasteiger partial charge >= 0.3 is 0 Å². The molecule has 1 aliphatic heterocycles. The maximum atomic E-state index is 5.64. The molecule has 0 aromatic carbocycles. The van der Waals surface area contributed by atoms with Gasteiger partial charge < -0.3 is 15.4 Å². The van der Waals surface area contributed by atoms with Gasteiger partial charge in [-0.1, -0.05) is 0 Å². The molecule has 2 atom stereocenters. The zero-order valence-corrected chi connectivity index (χ0v) is 9.05. The molecule has 0 aliphatic carbocycles. The van der Waals surface area contributed by atoms with Crippen LogP contribution in [-0.2, 0) is 4.74 Å². The summed E-state index contributed by atoms with van der Waals surface area (Å²) in [6, 6.07) is 2.13. The van der Waals surface area contributed by atoms with Crippen molar-refractivity contribution in [2.45, 2.75) is 26.0 Å². The molecule has 1 aromatic heterocycles. The van der Waals surface area contributed by atoms with E-state index in [9.17, 15) is 0 Å². The zero-order valence-electron chi connectivity index (χ0n) is 9.05. The molecule has 15 heavy (non-hydrogen) atoms. The van der Waals surface area contributed by atoms with Crippen molar-refractivity contribution in [3.8, 4) is 0 Å². The van der Waals surface area contributed by atoms with Gasteiger partial charge in [-0.2, -0.15) is 0 Å². The maximum absolute atomic E-state index is 5.64. The Kier molecular flexibility index (Phi) is 2.73. The Morgan fingerprint density at radius 3 is 3.00 bits per heavy atom. The number of nitrogens with zero attached hydrogens (tertiary/aromatic N) is 3. The molecule has 1 aromatic rings. The summed E-state index contributed by atoms with van der Waals surface area (Å²) in [5.74, 6) is 1.39. The van der Waals surface area contributed by atoms with Crippen LogP contribution in [0.2, 0.25) is 0 Å². The fourth-order valence-electron chi connectivity index (χ4n) is 1.74. The van der Waals surface area contributed by atoms with Gasteiger partial charge in [-0.15, -0.1) is 0 Å². The zero-order chi connectivity index (χ0) is 10.8. The average molecular weight is 208 g/mol. The number of rotatable bonds is 1. The lowest BCUT2D eigenvalue weighted by Gasteiger charge is -2.37. The van der Waals surface area contributed by atoms with Crippen LogP contribution < -0.4 is 10.6 Å². The van der Waals surface area contributed by atoms with Crippen LogP contribution in [-0.4, -0.2) is 35.3 Å². The van der Waals surface area contributed by atoms with Crippen LogP contribution in [0.3, 0.4) is 0 Å². The van der Waals surface area contributed by atoms with E-state index >= 15 is 0 Å². The fourth-order valence-corrected chi connectivity index (χ4v) is 1.74. The van der Waals surface area contributed by atoms with E-state index in [2.05, 4.69) is 28.7 Å². The third-order valence-corrected chi connectivity index (χ3v) is 2.58. The first-order valence-corrected chi connectivity index (χ1v) is 5.12. The molecule has 1 fully saturated rings. The van der Waals surface area contributed by atoms with Crippen molar-refractivity contribution >= 4 is 11.6 Å². The first-order chi connectivity index (χ1) is 7.16. The van der Waals surface area contributed by atoms with E-state index in [-0.39, 0.29) is 6.10 Å². The SMILES string of the molecule is CC1CN(c2cc(N)ncn2)C(C)CO1. The topological polar surface area (TPSA) is 64.3 Å². The molecule has 2 heterocycles. The molecule has 1 aliphatic rings. The minimum absolute atomic E-state index is 0.234. The first kappa shape index (κ1) is 10.2. The summed E-state index contributed by atoms with van der Waals surface area (Å²) in [7, 11) is 0. The second kappa shape index (κ2) is 4.02. The molecule has 0 amide bonds. The van der Waals surface area contributed by atoms with E-state index in [0.29, 0.717) is 11.9 Å². The van der Waals surface area contributed by atoms with Crippen LogP contribution in [0.1, 0.15) is 13.8 Å². The molecule has 0 saturated carbocycles. The van der Waals surface area contributed by atoms with Crippen molar-refractivity contribution < 1.29 is 4.74 Å². The van der Waals surface area contributed by atoms with E-state index < -0.39 is 0 Å². The number of hydrogen-bond donors (Lipinski definition) is 1. The molecule has 1 saturated heterocycles. The van der Waals surface area contributed by atoms with E-state index in [0.717, 1.165) is 19.0 Å². The number of morpholine rings is 1. The van der Waals surface area contributed by atoms with Crippen LogP contribution in [0, 0.1) is 0 Å². The quantitative estimate of drug-likeness (QED) is 0.735. The number of anilines is 2. The number of hydrogen-bond acceptors (Lipinski definition) is 5. The Balaban J connectivity index is 2.21. The molecule has 82 valence electrons. The Bertz CT molecular complexity index is 344. The summed E-state index contributed by atoms with van der Waals surface area (Å²) in [5.41, 5.74) is 5.64. The highest BCUT2D eigenvalue weighted by atomic mass is 16.5. The van der Waals surface area contributed by atoms with Gasteiger partial charge in [0.2, 0.25) is 0 Å². The van der Waals surface area contributed by atoms with Crippen LogP contribution >= 0.6 is 0 Å². The molecule has 2 unspecified atom stereocenters. The minimum Gasteiger partial charge on any atom is -0.384 e. The number of nitrogen functional groups attached to an aromatic ring is 1. The standard InChI is InChI=1S/C10H16N4O/c1-7-5-15-8(2)4-14(7)10-3-9(11)12-6-13-10/h3,6-8H,4-5H2,1-2H3,(H2,11,12,13). The lowest BCUT2D eigenvalue weighted by Crippen LogP contribution is -2.47. The van der Waals surface area contributed by atoms with Gasteiger partial charge in [0.25, 0.3) is 0 Å². The van der Waals surface area contributed by atoms with Crippen molar-refractivity contribution in [2.75, 3.05) is 23.8 Å². The smallest absolute Gasteiger partial charge is 0.134 e. The molecular weight excluding hydrogens is 192 g/mol. The van der Waals surface area contributed by atoms with Crippen LogP contribution in [0.15, 0.2) is 12.4 Å². The van der Waals surface area contributed by atoms with E-state index in [1.54, 1.807) is 6.07 Å². The summed E-state index contributed by atoms with van der Waals surface area (Å²) in [6.07, 6.45) is 1.73. The Morgan fingerprint density at radius 1 is 1.47 bits per heavy atom. The van der Waals surface area contributed by atoms with Gasteiger partial charge in [-0.05, 0) is 13.8 Å². The van der Waals surface area contributed by atoms with Gasteiger partial charge in [0.15, 0.2) is 0 Å². The normalized spacial score (nSPS) is 26.7. The third-order valence-electron chi connectivity index (χ3n) is 2.58. The summed E-state index contributed by atoms with van der Waals surface area (Å²) in [5, 5.41) is 0. The Labute approximate surface area is 89.3 Å². The van der Waals surface area contributed by atoms with Crippen molar-refractivity contribution in [3.63, 3.8) is 0 Å². The Hall–Kier alpha value is -1.36. The van der Waals surface area contributed by atoms with E-state index in [4.69, 9.17) is 10.5 Å². The number of ether oxygens (including phenoxy) is 1. The summed E-state index contributed by atoms with van der Waals surface area (Å²) in [4.78, 5) is 10.3. The van der Waals surface area contributed by atoms with Gasteiger partial charge in [0.1, 0.15) is 18.0 Å². The third kappa shape index (κ3) is 2.18. The second-order valence-corrected chi connectivity index (χ2v) is 3.95. The molecule has 0 bridgehead atoms. The molecule has 5 heteroatoms. The van der Waals surface area contributed by atoms with Crippen molar-refractivity contribution in [3.05, 3.63) is 12.4 Å². The highest BCUT2D eigenvalue weighted by Crippen LogP contribution is 2.19. The highest BCUT2D eigenvalue weighted by Gasteiger charge is 2.24. The van der Waals surface area contributed by atoms with Crippen LogP contribution in [0.4, 0.5) is 11.6 Å². The molecule has 0 spiro atoms. The minimum atomic E-state index is 0.234. The van der Waals surface area contributed by atoms with Crippen molar-refractivity contribution in [1.82, 2.24) is 9.97 Å². The lowest BCUT2D eigenvalue weighted by atomic mass is 10.2. The van der Waals surface area contributed by atoms with Crippen LogP contribution in [0.5, 0.6) is 0 Å². The number of aromatic nitrogens is 2. The van der Waals surface area contributed by atoms with Gasteiger partial charge in [0, 0.05) is 12.6 Å². The number of nitrogens with two attached hydrogens (primary N) is 1. The van der Waals surface area contributed by atoms with Crippen LogP contribution in [0.25, 0.3) is 0 Å². The summed E-state index contributed by atoms with van der Waals surface area (Å²) >= 11 is 0.